The highest BCUT2D eigenvalue weighted by Gasteiger charge is 2.06. The lowest BCUT2D eigenvalue weighted by molar-refractivity contribution is 0.652. The van der Waals surface area contributed by atoms with Crippen LogP contribution in [0.3, 0.4) is 0 Å². The van der Waals surface area contributed by atoms with Crippen LogP contribution in [0.4, 0.5) is 0 Å². The lowest BCUT2D eigenvalue weighted by Crippen LogP contribution is -2.11. The third-order valence-corrected chi connectivity index (χ3v) is 3.16. The van der Waals surface area contributed by atoms with Crippen molar-refractivity contribution in [2.75, 3.05) is 7.05 Å². The molecule has 0 saturated carbocycles. The molecule has 1 aromatic heterocycles. The predicted octanol–water partition coefficient (Wildman–Crippen LogP) is 2.85. The highest BCUT2D eigenvalue weighted by atomic mass is 15.1. The molecule has 3 heteroatoms. The molecule has 2 rings (SSSR count). The first-order valence-electron chi connectivity index (χ1n) is 6.05. The van der Waals surface area contributed by atoms with E-state index in [1.165, 1.54) is 11.1 Å². The fourth-order valence-corrected chi connectivity index (χ4v) is 1.91. The Kier molecular flexibility index (Phi) is 3.59. The summed E-state index contributed by atoms with van der Waals surface area (Å²) in [6.45, 7) is 5.23. The number of nitrogens with one attached hydrogen (secondary N) is 1. The van der Waals surface area contributed by atoms with Crippen molar-refractivity contribution in [1.29, 1.82) is 0 Å². The number of rotatable bonds is 4. The fraction of sp³-hybridized carbons (Fsp3) is 0.357. The van der Waals surface area contributed by atoms with Gasteiger partial charge in [0.15, 0.2) is 0 Å². The van der Waals surface area contributed by atoms with Crippen LogP contribution in [0.15, 0.2) is 36.7 Å². The topological polar surface area (TPSA) is 29.9 Å². The van der Waals surface area contributed by atoms with E-state index >= 15 is 0 Å². The lowest BCUT2D eigenvalue weighted by atomic mass is 10.1. The summed E-state index contributed by atoms with van der Waals surface area (Å²) in [6.07, 6.45) is 3.86. The predicted molar refractivity (Wildman–Crippen MR) is 70.8 cm³/mol. The van der Waals surface area contributed by atoms with Crippen molar-refractivity contribution in [3.63, 3.8) is 0 Å². The average molecular weight is 229 g/mol. The quantitative estimate of drug-likeness (QED) is 0.873. The second-order valence-corrected chi connectivity index (χ2v) is 4.17. The zero-order chi connectivity index (χ0) is 12.3. The molecule has 0 amide bonds. The highest BCUT2D eigenvalue weighted by Crippen LogP contribution is 2.20. The van der Waals surface area contributed by atoms with Gasteiger partial charge in [0.2, 0.25) is 0 Å². The zero-order valence-corrected chi connectivity index (χ0v) is 10.6. The molecule has 1 heterocycles. The van der Waals surface area contributed by atoms with Crippen LogP contribution in [0, 0.1) is 0 Å². The molecular weight excluding hydrogens is 210 g/mol. The number of benzene rings is 1. The number of imidazole rings is 1. The molecular formula is C14H19N3. The lowest BCUT2D eigenvalue weighted by Gasteiger charge is -2.11. The van der Waals surface area contributed by atoms with Crippen LogP contribution in [-0.4, -0.2) is 16.6 Å². The summed E-state index contributed by atoms with van der Waals surface area (Å²) in [6, 6.07) is 8.97. The number of hydrogen-bond donors (Lipinski definition) is 1. The van der Waals surface area contributed by atoms with Crippen LogP contribution in [-0.2, 0) is 6.54 Å². The van der Waals surface area contributed by atoms with Gasteiger partial charge >= 0.3 is 0 Å². The molecule has 0 bridgehead atoms. The second-order valence-electron chi connectivity index (χ2n) is 4.17. The maximum absolute atomic E-state index is 4.40. The minimum absolute atomic E-state index is 0.384. The molecule has 1 aromatic carbocycles. The van der Waals surface area contributed by atoms with E-state index in [-0.39, 0.29) is 0 Å². The van der Waals surface area contributed by atoms with Crippen molar-refractivity contribution in [1.82, 2.24) is 14.9 Å². The molecule has 0 aliphatic rings. The van der Waals surface area contributed by atoms with Gasteiger partial charge in [-0.15, -0.1) is 0 Å². The molecule has 17 heavy (non-hydrogen) atoms. The normalized spacial score (nSPS) is 12.6. The first kappa shape index (κ1) is 11.9. The second kappa shape index (κ2) is 5.15. The third kappa shape index (κ3) is 2.39. The summed E-state index contributed by atoms with van der Waals surface area (Å²) in [5, 5.41) is 3.24. The average Bonchev–Trinajstić information content (AvgIpc) is 2.86. The van der Waals surface area contributed by atoms with Crippen molar-refractivity contribution in [3.05, 3.63) is 42.2 Å². The number of hydrogen-bond acceptors (Lipinski definition) is 2. The van der Waals surface area contributed by atoms with E-state index in [4.69, 9.17) is 0 Å². The molecule has 1 N–H and O–H groups in total. The summed E-state index contributed by atoms with van der Waals surface area (Å²) in [5.74, 6) is 1.04. The van der Waals surface area contributed by atoms with Crippen LogP contribution in [0.25, 0.3) is 11.4 Å². The van der Waals surface area contributed by atoms with Crippen LogP contribution < -0.4 is 5.32 Å². The van der Waals surface area contributed by atoms with Gasteiger partial charge in [-0.2, -0.15) is 0 Å². The van der Waals surface area contributed by atoms with Crippen LogP contribution in [0.2, 0.25) is 0 Å². The number of nitrogens with zero attached hydrogens (tertiary/aromatic N) is 2. The van der Waals surface area contributed by atoms with Crippen molar-refractivity contribution in [2.24, 2.45) is 0 Å². The molecule has 2 aromatic rings. The molecule has 1 unspecified atom stereocenters. The Morgan fingerprint density at radius 2 is 2.00 bits per heavy atom. The van der Waals surface area contributed by atoms with E-state index in [1.807, 2.05) is 19.4 Å². The van der Waals surface area contributed by atoms with Crippen LogP contribution >= 0.6 is 0 Å². The molecule has 0 saturated heterocycles. The molecule has 90 valence electrons. The minimum Gasteiger partial charge on any atom is -0.331 e. The zero-order valence-electron chi connectivity index (χ0n) is 10.6. The Labute approximate surface area is 103 Å². The minimum atomic E-state index is 0.384. The largest absolute Gasteiger partial charge is 0.331 e. The van der Waals surface area contributed by atoms with E-state index < -0.39 is 0 Å². The summed E-state index contributed by atoms with van der Waals surface area (Å²) in [4.78, 5) is 4.40. The molecule has 1 atom stereocenters. The molecule has 0 aliphatic heterocycles. The van der Waals surface area contributed by atoms with Crippen molar-refractivity contribution >= 4 is 0 Å². The van der Waals surface area contributed by atoms with Gasteiger partial charge in [0.05, 0.1) is 0 Å². The summed E-state index contributed by atoms with van der Waals surface area (Å²) < 4.78 is 2.15. The first-order valence-corrected chi connectivity index (χ1v) is 6.05. The molecule has 0 fully saturated rings. The Morgan fingerprint density at radius 3 is 2.59 bits per heavy atom. The number of aryl methyl sites for hydroxylation is 1. The van der Waals surface area contributed by atoms with E-state index in [0.717, 1.165) is 12.4 Å². The van der Waals surface area contributed by atoms with E-state index in [9.17, 15) is 0 Å². The standard InChI is InChI=1S/C14H19N3/c1-4-17-10-9-16-14(17)13-7-5-12(6-8-13)11(2)15-3/h5-11,15H,4H2,1-3H3. The van der Waals surface area contributed by atoms with Gasteiger partial charge in [0.25, 0.3) is 0 Å². The molecule has 0 radical (unpaired) electrons. The van der Waals surface area contributed by atoms with Gasteiger partial charge in [-0.05, 0) is 26.5 Å². The van der Waals surface area contributed by atoms with Crippen molar-refractivity contribution < 1.29 is 0 Å². The molecule has 3 nitrogen and oxygen atoms in total. The summed E-state index contributed by atoms with van der Waals surface area (Å²) in [7, 11) is 1.97. The Bertz CT molecular complexity index is 470. The van der Waals surface area contributed by atoms with E-state index in [2.05, 4.69) is 53.0 Å². The first-order chi connectivity index (χ1) is 8.26. The van der Waals surface area contributed by atoms with Gasteiger partial charge in [-0.25, -0.2) is 4.98 Å². The molecule has 0 spiro atoms. The van der Waals surface area contributed by atoms with Crippen molar-refractivity contribution in [2.45, 2.75) is 26.4 Å². The monoisotopic (exact) mass is 229 g/mol. The SMILES string of the molecule is CCn1ccnc1-c1ccc(C(C)NC)cc1. The van der Waals surface area contributed by atoms with E-state index in [0.29, 0.717) is 6.04 Å². The van der Waals surface area contributed by atoms with Gasteiger partial charge in [0, 0.05) is 30.5 Å². The van der Waals surface area contributed by atoms with Gasteiger partial charge in [-0.3, -0.25) is 0 Å². The van der Waals surface area contributed by atoms with Gasteiger partial charge in [0.1, 0.15) is 5.82 Å². The summed E-state index contributed by atoms with van der Waals surface area (Å²) in [5.41, 5.74) is 2.47. The van der Waals surface area contributed by atoms with E-state index in [1.54, 1.807) is 0 Å². The van der Waals surface area contributed by atoms with Gasteiger partial charge < -0.3 is 9.88 Å². The maximum atomic E-state index is 4.40. The highest BCUT2D eigenvalue weighted by molar-refractivity contribution is 5.56. The van der Waals surface area contributed by atoms with Gasteiger partial charge in [-0.1, -0.05) is 24.3 Å². The third-order valence-electron chi connectivity index (χ3n) is 3.16. The Morgan fingerprint density at radius 1 is 1.29 bits per heavy atom. The van der Waals surface area contributed by atoms with Crippen LogP contribution in [0.1, 0.15) is 25.5 Å². The maximum Gasteiger partial charge on any atom is 0.139 e. The molecule has 0 aliphatic carbocycles. The smallest absolute Gasteiger partial charge is 0.139 e. The Balaban J connectivity index is 2.29. The van der Waals surface area contributed by atoms with Crippen LogP contribution in [0.5, 0.6) is 0 Å². The Hall–Kier alpha value is -1.61. The van der Waals surface area contributed by atoms with Crippen molar-refractivity contribution in [3.8, 4) is 11.4 Å². The summed E-state index contributed by atoms with van der Waals surface area (Å²) >= 11 is 0. The fourth-order valence-electron chi connectivity index (χ4n) is 1.91. The number of aromatic nitrogens is 2.